The van der Waals surface area contributed by atoms with Gasteiger partial charge >= 0.3 is 0 Å². The molecule has 0 unspecified atom stereocenters. The molecule has 0 aliphatic rings. The lowest BCUT2D eigenvalue weighted by atomic mass is 10.3. The van der Waals surface area contributed by atoms with E-state index in [1.165, 1.54) is 19.8 Å². The molecule has 0 fully saturated rings. The molecule has 0 bridgehead atoms. The van der Waals surface area contributed by atoms with E-state index in [9.17, 15) is 4.79 Å². The number of carbonyl (C=O) groups excluding carboxylic acids is 1. The summed E-state index contributed by atoms with van der Waals surface area (Å²) in [5.41, 5.74) is 0. The van der Waals surface area contributed by atoms with E-state index in [-0.39, 0.29) is 5.91 Å². The van der Waals surface area contributed by atoms with Gasteiger partial charge in [0.05, 0.1) is 46.2 Å². The van der Waals surface area contributed by atoms with Crippen molar-refractivity contribution in [3.8, 4) is 0 Å². The molecule has 0 aromatic carbocycles. The molecule has 0 atom stereocenters. The first-order valence-corrected chi connectivity index (χ1v) is 7.82. The van der Waals surface area contributed by atoms with Crippen molar-refractivity contribution in [1.29, 1.82) is 0 Å². The molecule has 1 amide bonds. The van der Waals surface area contributed by atoms with Gasteiger partial charge in [0.25, 0.3) is 0 Å². The van der Waals surface area contributed by atoms with Crippen molar-refractivity contribution < 1.29 is 23.7 Å². The third kappa shape index (κ3) is 19.3. The fourth-order valence-corrected chi connectivity index (χ4v) is 1.52. The number of unbranched alkanes of at least 4 members (excludes halogenated alkanes) is 2. The molecule has 126 valence electrons. The van der Waals surface area contributed by atoms with E-state index in [1.807, 2.05) is 0 Å². The van der Waals surface area contributed by atoms with Gasteiger partial charge in [-0.15, -0.1) is 0 Å². The zero-order chi connectivity index (χ0) is 15.6. The molecular formula is C15H31NO5. The van der Waals surface area contributed by atoms with Crippen LogP contribution in [0.4, 0.5) is 0 Å². The van der Waals surface area contributed by atoms with E-state index < -0.39 is 0 Å². The molecule has 0 saturated heterocycles. The Morgan fingerprint density at radius 1 is 0.762 bits per heavy atom. The molecule has 6 nitrogen and oxygen atoms in total. The number of nitrogens with one attached hydrogen (secondary N) is 1. The molecule has 0 rings (SSSR count). The quantitative estimate of drug-likeness (QED) is 0.436. The van der Waals surface area contributed by atoms with Crippen LogP contribution in [0, 0.1) is 0 Å². The Morgan fingerprint density at radius 2 is 1.24 bits per heavy atom. The van der Waals surface area contributed by atoms with Crippen molar-refractivity contribution in [3.63, 3.8) is 0 Å². The average Bonchev–Trinajstić information content (AvgIpc) is 2.46. The highest BCUT2D eigenvalue weighted by Gasteiger charge is 1.93. The Bertz CT molecular complexity index is 226. The summed E-state index contributed by atoms with van der Waals surface area (Å²) in [5.74, 6) is -0.0404. The second kappa shape index (κ2) is 17.4. The van der Waals surface area contributed by atoms with E-state index in [0.717, 1.165) is 13.0 Å². The Labute approximate surface area is 128 Å². The molecule has 0 aliphatic carbocycles. The van der Waals surface area contributed by atoms with E-state index >= 15 is 0 Å². The maximum atomic E-state index is 10.6. The minimum Gasteiger partial charge on any atom is -0.379 e. The number of hydrogen-bond donors (Lipinski definition) is 1. The van der Waals surface area contributed by atoms with Crippen LogP contribution in [0.15, 0.2) is 0 Å². The number of amides is 1. The summed E-state index contributed by atoms with van der Waals surface area (Å²) in [6.07, 6.45) is 3.57. The minimum atomic E-state index is -0.0404. The lowest BCUT2D eigenvalue weighted by molar-refractivity contribution is -0.119. The van der Waals surface area contributed by atoms with Crippen molar-refractivity contribution in [2.45, 2.75) is 33.1 Å². The van der Waals surface area contributed by atoms with Crippen LogP contribution in [-0.2, 0) is 23.7 Å². The molecule has 0 saturated carbocycles. The first kappa shape index (κ1) is 20.3. The summed E-state index contributed by atoms with van der Waals surface area (Å²) in [5, 5.41) is 2.66. The van der Waals surface area contributed by atoms with Crippen LogP contribution in [-0.4, -0.2) is 65.3 Å². The zero-order valence-electron chi connectivity index (χ0n) is 13.5. The summed E-state index contributed by atoms with van der Waals surface area (Å²) >= 11 is 0. The van der Waals surface area contributed by atoms with Gasteiger partial charge < -0.3 is 24.3 Å². The summed E-state index contributed by atoms with van der Waals surface area (Å²) in [4.78, 5) is 10.6. The maximum absolute atomic E-state index is 10.6. The van der Waals surface area contributed by atoms with Crippen molar-refractivity contribution in [2.75, 3.05) is 59.4 Å². The van der Waals surface area contributed by atoms with E-state index in [4.69, 9.17) is 18.9 Å². The molecular weight excluding hydrogens is 274 g/mol. The maximum Gasteiger partial charge on any atom is 0.216 e. The van der Waals surface area contributed by atoms with Crippen molar-refractivity contribution >= 4 is 5.91 Å². The molecule has 0 aliphatic heterocycles. The van der Waals surface area contributed by atoms with Gasteiger partial charge in [0.1, 0.15) is 0 Å². The molecule has 0 radical (unpaired) electrons. The van der Waals surface area contributed by atoms with E-state index in [2.05, 4.69) is 12.2 Å². The molecule has 0 spiro atoms. The average molecular weight is 305 g/mol. The predicted molar refractivity (Wildman–Crippen MR) is 81.5 cm³/mol. The summed E-state index contributed by atoms with van der Waals surface area (Å²) in [6.45, 7) is 9.00. The molecule has 0 heterocycles. The van der Waals surface area contributed by atoms with Gasteiger partial charge in [0.15, 0.2) is 0 Å². The topological polar surface area (TPSA) is 66.0 Å². The van der Waals surface area contributed by atoms with Crippen LogP contribution in [0.1, 0.15) is 33.1 Å². The number of hydrogen-bond acceptors (Lipinski definition) is 5. The highest BCUT2D eigenvalue weighted by molar-refractivity contribution is 5.72. The fourth-order valence-electron chi connectivity index (χ4n) is 1.52. The largest absolute Gasteiger partial charge is 0.379 e. The lowest BCUT2D eigenvalue weighted by Crippen LogP contribution is -2.25. The third-order valence-corrected chi connectivity index (χ3v) is 2.63. The van der Waals surface area contributed by atoms with Gasteiger partial charge in [0.2, 0.25) is 5.91 Å². The van der Waals surface area contributed by atoms with Crippen LogP contribution in [0.5, 0.6) is 0 Å². The number of carbonyl (C=O) groups is 1. The predicted octanol–water partition coefficient (Wildman–Crippen LogP) is 1.38. The second-order valence-corrected chi connectivity index (χ2v) is 4.64. The summed E-state index contributed by atoms with van der Waals surface area (Å²) in [7, 11) is 0. The van der Waals surface area contributed by atoms with Gasteiger partial charge in [-0.25, -0.2) is 0 Å². The van der Waals surface area contributed by atoms with Crippen LogP contribution < -0.4 is 5.32 Å². The Balaban J connectivity index is 2.95. The molecule has 21 heavy (non-hydrogen) atoms. The smallest absolute Gasteiger partial charge is 0.216 e. The monoisotopic (exact) mass is 305 g/mol. The minimum absolute atomic E-state index is 0.0404. The third-order valence-electron chi connectivity index (χ3n) is 2.63. The molecule has 0 aromatic heterocycles. The highest BCUT2D eigenvalue weighted by Crippen LogP contribution is 1.93. The first-order chi connectivity index (χ1) is 10.3. The Kier molecular flexibility index (Phi) is 16.8. The van der Waals surface area contributed by atoms with Crippen molar-refractivity contribution in [2.24, 2.45) is 0 Å². The lowest BCUT2D eigenvalue weighted by Gasteiger charge is -2.07. The molecule has 0 aromatic rings. The van der Waals surface area contributed by atoms with Crippen molar-refractivity contribution in [3.05, 3.63) is 0 Å². The van der Waals surface area contributed by atoms with Gasteiger partial charge in [0, 0.05) is 20.1 Å². The van der Waals surface area contributed by atoms with Gasteiger partial charge in [-0.05, 0) is 6.42 Å². The van der Waals surface area contributed by atoms with Gasteiger partial charge in [-0.2, -0.15) is 0 Å². The SMILES string of the molecule is CCCCCOCCOCCOCCOCCNC(C)=O. The Morgan fingerprint density at radius 3 is 1.71 bits per heavy atom. The van der Waals surface area contributed by atoms with Gasteiger partial charge in [-0.1, -0.05) is 19.8 Å². The second-order valence-electron chi connectivity index (χ2n) is 4.64. The summed E-state index contributed by atoms with van der Waals surface area (Å²) in [6, 6.07) is 0. The van der Waals surface area contributed by atoms with E-state index in [1.54, 1.807) is 0 Å². The van der Waals surface area contributed by atoms with Crippen LogP contribution in [0.25, 0.3) is 0 Å². The number of rotatable bonds is 16. The van der Waals surface area contributed by atoms with Crippen LogP contribution in [0.3, 0.4) is 0 Å². The molecule has 6 heteroatoms. The Hall–Kier alpha value is -0.690. The summed E-state index contributed by atoms with van der Waals surface area (Å²) < 4.78 is 21.4. The standard InChI is InChI=1S/C15H31NO5/c1-3-4-5-7-18-9-11-20-13-14-21-12-10-19-8-6-16-15(2)17/h3-14H2,1-2H3,(H,16,17). The highest BCUT2D eigenvalue weighted by atomic mass is 16.6. The zero-order valence-corrected chi connectivity index (χ0v) is 13.5. The molecule has 1 N–H and O–H groups in total. The van der Waals surface area contributed by atoms with Crippen molar-refractivity contribution in [1.82, 2.24) is 5.32 Å². The van der Waals surface area contributed by atoms with Crippen LogP contribution in [0.2, 0.25) is 0 Å². The normalized spacial score (nSPS) is 10.8. The number of ether oxygens (including phenoxy) is 4. The van der Waals surface area contributed by atoms with E-state index in [0.29, 0.717) is 52.8 Å². The van der Waals surface area contributed by atoms with Crippen LogP contribution >= 0.6 is 0 Å². The van der Waals surface area contributed by atoms with Gasteiger partial charge in [-0.3, -0.25) is 4.79 Å². The fraction of sp³-hybridized carbons (Fsp3) is 0.933. The first-order valence-electron chi connectivity index (χ1n) is 7.82.